The van der Waals surface area contributed by atoms with Gasteiger partial charge in [-0.15, -0.1) is 0 Å². The molecule has 0 fully saturated rings. The molecule has 0 spiro atoms. The third-order valence-corrected chi connectivity index (χ3v) is 3.47. The molecule has 0 saturated carbocycles. The first-order chi connectivity index (χ1) is 11.2. The molecule has 0 radical (unpaired) electrons. The molecule has 8 nitrogen and oxygen atoms in total. The number of rotatable bonds is 6. The normalized spacial score (nSPS) is 16.6. The summed E-state index contributed by atoms with van der Waals surface area (Å²) in [5, 5.41) is 40.6. The molecular weight excluding hydrogens is 328 g/mol. The number of H-pyrrole nitrogens is 1. The van der Waals surface area contributed by atoms with Gasteiger partial charge < -0.3 is 30.7 Å². The molecule has 0 bridgehead atoms. The SMILES string of the molecule is CC(=O)N[C@@H](c1nc2cc(F)c(F)cc2[nH]1)C(O)[C@H](O)C(O)CO. The number of fused-ring (bicyclic) bond motifs is 1. The number of nitrogens with one attached hydrogen (secondary N) is 2. The van der Waals surface area contributed by atoms with Gasteiger partial charge in [0.1, 0.15) is 30.2 Å². The minimum absolute atomic E-state index is 0.0450. The maximum atomic E-state index is 13.3. The second-order valence-corrected chi connectivity index (χ2v) is 5.31. The van der Waals surface area contributed by atoms with E-state index in [1.165, 1.54) is 0 Å². The van der Waals surface area contributed by atoms with Gasteiger partial charge in [0, 0.05) is 19.1 Å². The lowest BCUT2D eigenvalue weighted by molar-refractivity contribution is -0.123. The van der Waals surface area contributed by atoms with E-state index >= 15 is 0 Å². The number of hydrogen-bond donors (Lipinski definition) is 6. The van der Waals surface area contributed by atoms with E-state index in [4.69, 9.17) is 5.11 Å². The van der Waals surface area contributed by atoms with E-state index in [1.54, 1.807) is 0 Å². The molecule has 0 saturated heterocycles. The molecule has 132 valence electrons. The van der Waals surface area contributed by atoms with E-state index in [2.05, 4.69) is 15.3 Å². The first-order valence-electron chi connectivity index (χ1n) is 7.01. The number of aliphatic hydroxyl groups is 4. The van der Waals surface area contributed by atoms with Gasteiger partial charge in [0.2, 0.25) is 5.91 Å². The molecule has 1 amide bonds. The van der Waals surface area contributed by atoms with Crippen molar-refractivity contribution >= 4 is 16.9 Å². The fourth-order valence-electron chi connectivity index (χ4n) is 2.24. The van der Waals surface area contributed by atoms with E-state index in [1.807, 2.05) is 0 Å². The van der Waals surface area contributed by atoms with Crippen molar-refractivity contribution < 1.29 is 34.0 Å². The largest absolute Gasteiger partial charge is 0.394 e. The van der Waals surface area contributed by atoms with Crippen molar-refractivity contribution in [3.8, 4) is 0 Å². The van der Waals surface area contributed by atoms with Crippen molar-refractivity contribution in [1.82, 2.24) is 15.3 Å². The molecule has 0 aliphatic rings. The van der Waals surface area contributed by atoms with Gasteiger partial charge in [-0.2, -0.15) is 0 Å². The fraction of sp³-hybridized carbons (Fsp3) is 0.429. The first kappa shape index (κ1) is 18.2. The molecule has 24 heavy (non-hydrogen) atoms. The Morgan fingerprint density at radius 1 is 1.25 bits per heavy atom. The predicted octanol–water partition coefficient (Wildman–Crippen LogP) is -0.907. The van der Waals surface area contributed by atoms with Gasteiger partial charge in [-0.1, -0.05) is 0 Å². The summed E-state index contributed by atoms with van der Waals surface area (Å²) in [6, 6.07) is 0.385. The quantitative estimate of drug-likeness (QED) is 0.401. The molecule has 10 heteroatoms. The number of aromatic nitrogens is 2. The van der Waals surface area contributed by atoms with Gasteiger partial charge in [-0.05, 0) is 0 Å². The average molecular weight is 345 g/mol. The highest BCUT2D eigenvalue weighted by atomic mass is 19.2. The number of imidazole rings is 1. The van der Waals surface area contributed by atoms with E-state index in [0.717, 1.165) is 19.1 Å². The Morgan fingerprint density at radius 3 is 2.46 bits per heavy atom. The molecule has 2 aromatic rings. The molecule has 2 unspecified atom stereocenters. The van der Waals surface area contributed by atoms with Crippen LogP contribution in [0.25, 0.3) is 11.0 Å². The smallest absolute Gasteiger partial charge is 0.217 e. The van der Waals surface area contributed by atoms with Crippen molar-refractivity contribution in [2.45, 2.75) is 31.3 Å². The zero-order chi connectivity index (χ0) is 18.0. The molecule has 4 atom stereocenters. The zero-order valence-electron chi connectivity index (χ0n) is 12.6. The Morgan fingerprint density at radius 2 is 1.88 bits per heavy atom. The molecule has 6 N–H and O–H groups in total. The summed E-state index contributed by atoms with van der Waals surface area (Å²) in [6.45, 7) is 0.331. The van der Waals surface area contributed by atoms with Gasteiger partial charge in [0.05, 0.1) is 17.6 Å². The maximum Gasteiger partial charge on any atom is 0.217 e. The third kappa shape index (κ3) is 3.67. The average Bonchev–Trinajstić information content (AvgIpc) is 2.93. The predicted molar refractivity (Wildman–Crippen MR) is 77.7 cm³/mol. The van der Waals surface area contributed by atoms with Crippen LogP contribution >= 0.6 is 0 Å². The van der Waals surface area contributed by atoms with Crippen LogP contribution in [0.15, 0.2) is 12.1 Å². The summed E-state index contributed by atoms with van der Waals surface area (Å²) in [7, 11) is 0. The summed E-state index contributed by atoms with van der Waals surface area (Å²) in [5.41, 5.74) is 0.160. The first-order valence-corrected chi connectivity index (χ1v) is 7.01. The number of halogens is 2. The minimum atomic E-state index is -1.80. The maximum absolute atomic E-state index is 13.3. The molecule has 1 aromatic carbocycles. The molecule has 2 rings (SSSR count). The van der Waals surface area contributed by atoms with Crippen LogP contribution < -0.4 is 5.32 Å². The van der Waals surface area contributed by atoms with Crippen LogP contribution in [0.3, 0.4) is 0 Å². The van der Waals surface area contributed by atoms with Gasteiger partial charge in [-0.25, -0.2) is 13.8 Å². The minimum Gasteiger partial charge on any atom is -0.394 e. The molecule has 1 aromatic heterocycles. The summed E-state index contributed by atoms with van der Waals surface area (Å²) in [5.74, 6) is -2.89. The Kier molecular flexibility index (Phi) is 5.44. The zero-order valence-corrected chi connectivity index (χ0v) is 12.6. The highest BCUT2D eigenvalue weighted by Gasteiger charge is 2.34. The van der Waals surface area contributed by atoms with E-state index in [9.17, 15) is 28.9 Å². The van der Waals surface area contributed by atoms with E-state index in [-0.39, 0.29) is 16.9 Å². The van der Waals surface area contributed by atoms with Gasteiger partial charge in [0.25, 0.3) is 0 Å². The number of nitrogens with zero attached hydrogens (tertiary/aromatic N) is 1. The van der Waals surface area contributed by atoms with Crippen LogP contribution in [-0.4, -0.2) is 61.2 Å². The fourth-order valence-corrected chi connectivity index (χ4v) is 2.24. The second-order valence-electron chi connectivity index (χ2n) is 5.31. The summed E-state index contributed by atoms with van der Waals surface area (Å²) >= 11 is 0. The van der Waals surface area contributed by atoms with Gasteiger partial charge in [-0.3, -0.25) is 4.79 Å². The van der Waals surface area contributed by atoms with Crippen LogP contribution in [-0.2, 0) is 4.79 Å². The standard InChI is InChI=1S/C14H17F2N3O5/c1-5(21)17-11(13(24)12(23)10(22)4-20)14-18-8-2-6(15)7(16)3-9(8)19-14/h2-3,10-13,20,22-24H,4H2,1H3,(H,17,21)(H,18,19)/t10?,11-,12-,13?/m1/s1. The Hall–Kier alpha value is -2.14. The molecule has 0 aliphatic carbocycles. The topological polar surface area (TPSA) is 139 Å². The summed E-state index contributed by atoms with van der Waals surface area (Å²) in [6.07, 6.45) is -5.20. The Bertz CT molecular complexity index is 700. The van der Waals surface area contributed by atoms with Crippen LogP contribution in [0.4, 0.5) is 8.78 Å². The van der Waals surface area contributed by atoms with E-state index in [0.29, 0.717) is 0 Å². The van der Waals surface area contributed by atoms with Gasteiger partial charge >= 0.3 is 0 Å². The van der Waals surface area contributed by atoms with Crippen LogP contribution in [0.1, 0.15) is 18.8 Å². The lowest BCUT2D eigenvalue weighted by Crippen LogP contribution is -2.47. The molecular formula is C14H17F2N3O5. The van der Waals surface area contributed by atoms with Crippen LogP contribution in [0.2, 0.25) is 0 Å². The van der Waals surface area contributed by atoms with E-state index < -0.39 is 48.5 Å². The third-order valence-electron chi connectivity index (χ3n) is 3.47. The molecule has 0 aliphatic heterocycles. The molecule has 1 heterocycles. The highest BCUT2D eigenvalue weighted by molar-refractivity contribution is 5.76. The number of amides is 1. The van der Waals surface area contributed by atoms with Crippen LogP contribution in [0.5, 0.6) is 0 Å². The summed E-state index contributed by atoms with van der Waals surface area (Å²) in [4.78, 5) is 17.9. The Labute approximate surface area is 134 Å². The lowest BCUT2D eigenvalue weighted by atomic mass is 10.0. The second kappa shape index (κ2) is 7.18. The lowest BCUT2D eigenvalue weighted by Gasteiger charge is -2.28. The Balaban J connectivity index is 2.42. The monoisotopic (exact) mass is 345 g/mol. The number of aliphatic hydroxyl groups excluding tert-OH is 4. The van der Waals surface area contributed by atoms with Crippen molar-refractivity contribution in [3.05, 3.63) is 29.6 Å². The van der Waals surface area contributed by atoms with Crippen LogP contribution in [0, 0.1) is 11.6 Å². The highest BCUT2D eigenvalue weighted by Crippen LogP contribution is 2.23. The number of aromatic amines is 1. The van der Waals surface area contributed by atoms with Crippen molar-refractivity contribution in [1.29, 1.82) is 0 Å². The van der Waals surface area contributed by atoms with Gasteiger partial charge in [0.15, 0.2) is 11.6 Å². The van der Waals surface area contributed by atoms with Crippen molar-refractivity contribution in [3.63, 3.8) is 0 Å². The number of hydrogen-bond acceptors (Lipinski definition) is 6. The van der Waals surface area contributed by atoms with Crippen molar-refractivity contribution in [2.24, 2.45) is 0 Å². The summed E-state index contributed by atoms with van der Waals surface area (Å²) < 4.78 is 26.5. The van der Waals surface area contributed by atoms with Crippen molar-refractivity contribution in [2.75, 3.05) is 6.61 Å². The number of carbonyl (C=O) groups excluding carboxylic acids is 1. The number of benzene rings is 1. The number of carbonyl (C=O) groups is 1.